The zero-order valence-corrected chi connectivity index (χ0v) is 9.91. The Balaban J connectivity index is 2.21. The summed E-state index contributed by atoms with van der Waals surface area (Å²) in [6.07, 6.45) is 0. The van der Waals surface area contributed by atoms with E-state index in [1.165, 1.54) is 18.2 Å². The molecule has 0 radical (unpaired) electrons. The van der Waals surface area contributed by atoms with E-state index in [1.54, 1.807) is 18.2 Å². The van der Waals surface area contributed by atoms with Gasteiger partial charge in [-0.25, -0.2) is 4.39 Å². The van der Waals surface area contributed by atoms with Crippen LogP contribution in [0.3, 0.4) is 0 Å². The number of nitrogens with one attached hydrogen (secondary N) is 1. The average Bonchev–Trinajstić information content (AvgIpc) is 2.32. The van der Waals surface area contributed by atoms with E-state index in [0.29, 0.717) is 11.3 Å². The summed E-state index contributed by atoms with van der Waals surface area (Å²) >= 11 is 0. The molecule has 18 heavy (non-hydrogen) atoms. The molecule has 0 aliphatic carbocycles. The molecule has 0 atom stereocenters. The van der Waals surface area contributed by atoms with Gasteiger partial charge in [-0.2, -0.15) is 0 Å². The van der Waals surface area contributed by atoms with Crippen molar-refractivity contribution >= 4 is 17.3 Å². The van der Waals surface area contributed by atoms with Gasteiger partial charge in [0.1, 0.15) is 5.82 Å². The molecule has 0 aromatic heterocycles. The number of carbonyl (C=O) groups excluding carboxylic acids is 1. The lowest BCUT2D eigenvalue weighted by Gasteiger charge is -2.08. The molecule has 0 fully saturated rings. The summed E-state index contributed by atoms with van der Waals surface area (Å²) in [7, 11) is 0. The van der Waals surface area contributed by atoms with Crippen LogP contribution in [0.2, 0.25) is 0 Å². The second-order valence-corrected chi connectivity index (χ2v) is 4.06. The van der Waals surface area contributed by atoms with Crippen LogP contribution in [0.5, 0.6) is 0 Å². The molecule has 92 valence electrons. The molecule has 1 amide bonds. The van der Waals surface area contributed by atoms with Gasteiger partial charge >= 0.3 is 0 Å². The smallest absolute Gasteiger partial charge is 0.255 e. The Hall–Kier alpha value is -2.36. The topological polar surface area (TPSA) is 55.1 Å². The third-order valence-electron chi connectivity index (χ3n) is 2.54. The van der Waals surface area contributed by atoms with Gasteiger partial charge in [-0.05, 0) is 37.3 Å². The van der Waals surface area contributed by atoms with Crippen LogP contribution in [0.25, 0.3) is 0 Å². The lowest BCUT2D eigenvalue weighted by Crippen LogP contribution is -2.13. The fourth-order valence-electron chi connectivity index (χ4n) is 1.63. The number of hydrogen-bond acceptors (Lipinski definition) is 2. The molecule has 0 bridgehead atoms. The third-order valence-corrected chi connectivity index (χ3v) is 2.54. The van der Waals surface area contributed by atoms with Crippen molar-refractivity contribution in [3.63, 3.8) is 0 Å². The SMILES string of the molecule is Cc1cccc(C(=O)Nc2ccc(F)cc2N)c1. The summed E-state index contributed by atoms with van der Waals surface area (Å²) in [5.41, 5.74) is 7.77. The molecule has 2 aromatic carbocycles. The van der Waals surface area contributed by atoms with Crippen LogP contribution in [0.4, 0.5) is 15.8 Å². The Morgan fingerprint density at radius 2 is 2.00 bits per heavy atom. The van der Waals surface area contributed by atoms with Gasteiger partial charge < -0.3 is 11.1 Å². The predicted molar refractivity (Wildman–Crippen MR) is 69.9 cm³/mol. The Morgan fingerprint density at radius 3 is 2.67 bits per heavy atom. The first-order valence-electron chi connectivity index (χ1n) is 5.49. The molecule has 0 unspecified atom stereocenters. The van der Waals surface area contributed by atoms with Gasteiger partial charge in [-0.1, -0.05) is 17.7 Å². The maximum atomic E-state index is 12.9. The van der Waals surface area contributed by atoms with Crippen molar-refractivity contribution in [2.75, 3.05) is 11.1 Å². The number of anilines is 2. The van der Waals surface area contributed by atoms with Crippen LogP contribution >= 0.6 is 0 Å². The quantitative estimate of drug-likeness (QED) is 0.798. The number of hydrogen-bond donors (Lipinski definition) is 2. The molecule has 2 rings (SSSR count). The zero-order chi connectivity index (χ0) is 13.1. The first kappa shape index (κ1) is 12.1. The first-order chi connectivity index (χ1) is 8.56. The van der Waals surface area contributed by atoms with Gasteiger partial charge in [-0.3, -0.25) is 4.79 Å². The number of amides is 1. The largest absolute Gasteiger partial charge is 0.397 e. The summed E-state index contributed by atoms with van der Waals surface area (Å²) in [6, 6.07) is 11.1. The van der Waals surface area contributed by atoms with Crippen molar-refractivity contribution in [2.24, 2.45) is 0 Å². The number of benzene rings is 2. The van der Waals surface area contributed by atoms with Crippen molar-refractivity contribution in [1.29, 1.82) is 0 Å². The number of rotatable bonds is 2. The van der Waals surface area contributed by atoms with E-state index >= 15 is 0 Å². The number of nitrogens with two attached hydrogens (primary N) is 1. The van der Waals surface area contributed by atoms with Gasteiger partial charge in [0, 0.05) is 5.56 Å². The van der Waals surface area contributed by atoms with E-state index in [-0.39, 0.29) is 11.6 Å². The lowest BCUT2D eigenvalue weighted by atomic mass is 10.1. The van der Waals surface area contributed by atoms with Gasteiger partial charge in [0.05, 0.1) is 11.4 Å². The molecule has 0 aliphatic rings. The van der Waals surface area contributed by atoms with Gasteiger partial charge in [0.2, 0.25) is 0 Å². The lowest BCUT2D eigenvalue weighted by molar-refractivity contribution is 0.102. The van der Waals surface area contributed by atoms with Gasteiger partial charge in [-0.15, -0.1) is 0 Å². The highest BCUT2D eigenvalue weighted by atomic mass is 19.1. The highest BCUT2D eigenvalue weighted by Gasteiger charge is 2.08. The van der Waals surface area contributed by atoms with Crippen molar-refractivity contribution < 1.29 is 9.18 Å². The molecule has 4 heteroatoms. The second-order valence-electron chi connectivity index (χ2n) is 4.06. The van der Waals surface area contributed by atoms with Crippen LogP contribution in [0.15, 0.2) is 42.5 Å². The molecule has 0 aliphatic heterocycles. The minimum atomic E-state index is -0.430. The normalized spacial score (nSPS) is 10.1. The summed E-state index contributed by atoms with van der Waals surface area (Å²) in [5, 5.41) is 2.65. The van der Waals surface area contributed by atoms with Crippen LogP contribution in [-0.4, -0.2) is 5.91 Å². The predicted octanol–water partition coefficient (Wildman–Crippen LogP) is 2.97. The summed E-state index contributed by atoms with van der Waals surface area (Å²) in [5.74, 6) is -0.696. The Kier molecular flexibility index (Phi) is 3.28. The van der Waals surface area contributed by atoms with Crippen LogP contribution < -0.4 is 11.1 Å². The molecular weight excluding hydrogens is 231 g/mol. The van der Waals surface area contributed by atoms with Crippen LogP contribution in [0, 0.1) is 12.7 Å². The Morgan fingerprint density at radius 1 is 1.22 bits per heavy atom. The summed E-state index contributed by atoms with van der Waals surface area (Å²) in [6.45, 7) is 1.91. The molecule has 0 saturated heterocycles. The number of nitrogen functional groups attached to an aromatic ring is 1. The highest BCUT2D eigenvalue weighted by Crippen LogP contribution is 2.20. The maximum Gasteiger partial charge on any atom is 0.255 e. The van der Waals surface area contributed by atoms with Crippen molar-refractivity contribution in [3.8, 4) is 0 Å². The molecular formula is C14H13FN2O. The second kappa shape index (κ2) is 4.87. The fourth-order valence-corrected chi connectivity index (χ4v) is 1.63. The third kappa shape index (κ3) is 2.66. The molecule has 0 spiro atoms. The zero-order valence-electron chi connectivity index (χ0n) is 9.91. The number of aryl methyl sites for hydroxylation is 1. The van der Waals surface area contributed by atoms with Crippen LogP contribution in [0.1, 0.15) is 15.9 Å². The monoisotopic (exact) mass is 244 g/mol. The van der Waals surface area contributed by atoms with Crippen LogP contribution in [-0.2, 0) is 0 Å². The molecule has 3 nitrogen and oxygen atoms in total. The van der Waals surface area contributed by atoms with E-state index in [1.807, 2.05) is 13.0 Å². The van der Waals surface area contributed by atoms with Crippen molar-refractivity contribution in [3.05, 3.63) is 59.4 Å². The van der Waals surface area contributed by atoms with E-state index in [4.69, 9.17) is 5.73 Å². The fraction of sp³-hybridized carbons (Fsp3) is 0.0714. The van der Waals surface area contributed by atoms with E-state index < -0.39 is 5.82 Å². The first-order valence-corrected chi connectivity index (χ1v) is 5.49. The average molecular weight is 244 g/mol. The molecule has 0 saturated carbocycles. The van der Waals surface area contributed by atoms with Crippen molar-refractivity contribution in [2.45, 2.75) is 6.92 Å². The standard InChI is InChI=1S/C14H13FN2O/c1-9-3-2-4-10(7-9)14(18)17-13-6-5-11(15)8-12(13)16/h2-8H,16H2,1H3,(H,17,18). The molecule has 0 heterocycles. The van der Waals surface area contributed by atoms with E-state index in [9.17, 15) is 9.18 Å². The maximum absolute atomic E-state index is 12.9. The van der Waals surface area contributed by atoms with E-state index in [0.717, 1.165) is 5.56 Å². The number of carbonyl (C=O) groups is 1. The summed E-state index contributed by atoms with van der Waals surface area (Å²) < 4.78 is 12.9. The number of halogens is 1. The minimum Gasteiger partial charge on any atom is -0.397 e. The molecule has 2 aromatic rings. The Labute approximate surface area is 104 Å². The minimum absolute atomic E-state index is 0.205. The van der Waals surface area contributed by atoms with E-state index in [2.05, 4.69) is 5.32 Å². The van der Waals surface area contributed by atoms with Gasteiger partial charge in [0.25, 0.3) is 5.91 Å². The highest BCUT2D eigenvalue weighted by molar-refractivity contribution is 6.05. The van der Waals surface area contributed by atoms with Gasteiger partial charge in [0.15, 0.2) is 0 Å². The Bertz CT molecular complexity index is 596. The summed E-state index contributed by atoms with van der Waals surface area (Å²) in [4.78, 5) is 11.9. The molecule has 3 N–H and O–H groups in total. The van der Waals surface area contributed by atoms with Crippen molar-refractivity contribution in [1.82, 2.24) is 0 Å².